The molecule has 0 fully saturated rings. The maximum absolute atomic E-state index is 12.9. The van der Waals surface area contributed by atoms with Crippen molar-refractivity contribution in [1.82, 2.24) is 0 Å². The number of carbonyl (C=O) groups is 1. The molecule has 0 saturated heterocycles. The molecule has 0 bridgehead atoms. The molecule has 19 heavy (non-hydrogen) atoms. The summed E-state index contributed by atoms with van der Waals surface area (Å²) in [6.45, 7) is 0. The van der Waals surface area contributed by atoms with E-state index >= 15 is 0 Å². The summed E-state index contributed by atoms with van der Waals surface area (Å²) in [6.07, 6.45) is -0.828. The topological polar surface area (TPSA) is 26.3 Å². The van der Waals surface area contributed by atoms with Crippen LogP contribution in [0.1, 0.15) is 22.0 Å². The summed E-state index contributed by atoms with van der Waals surface area (Å²) in [5.41, 5.74) is 0.899. The average molecular weight is 262 g/mol. The van der Waals surface area contributed by atoms with E-state index in [1.165, 1.54) is 55.6 Å². The molecule has 0 radical (unpaired) electrons. The molecule has 0 aromatic heterocycles. The number of halogens is 2. The molecule has 0 N–H and O–H groups in total. The maximum Gasteiger partial charge on any atom is 0.196 e. The number of hydrogen-bond acceptors (Lipinski definition) is 2. The van der Waals surface area contributed by atoms with Gasteiger partial charge >= 0.3 is 0 Å². The number of ether oxygens (including phenoxy) is 1. The number of Topliss-reactive ketones (excluding diaryl/α,β-unsaturated/α-hetero) is 1. The van der Waals surface area contributed by atoms with E-state index in [0.717, 1.165) is 0 Å². The van der Waals surface area contributed by atoms with Crippen LogP contribution in [0.5, 0.6) is 0 Å². The van der Waals surface area contributed by atoms with Crippen molar-refractivity contribution >= 4 is 5.78 Å². The third kappa shape index (κ3) is 3.03. The molecule has 4 heteroatoms. The summed E-state index contributed by atoms with van der Waals surface area (Å²) >= 11 is 0. The Balaban J connectivity index is 2.29. The Morgan fingerprint density at radius 3 is 1.89 bits per heavy atom. The monoisotopic (exact) mass is 262 g/mol. The van der Waals surface area contributed by atoms with Crippen molar-refractivity contribution in [2.75, 3.05) is 7.11 Å². The molecule has 0 amide bonds. The van der Waals surface area contributed by atoms with Gasteiger partial charge in [-0.1, -0.05) is 12.1 Å². The fourth-order valence-electron chi connectivity index (χ4n) is 1.80. The van der Waals surface area contributed by atoms with Crippen LogP contribution in [0.2, 0.25) is 0 Å². The van der Waals surface area contributed by atoms with Gasteiger partial charge in [0.15, 0.2) is 5.78 Å². The number of methoxy groups -OCH3 is 1. The number of carbonyl (C=O) groups excluding carboxylic acids is 1. The molecule has 0 spiro atoms. The Morgan fingerprint density at radius 2 is 1.42 bits per heavy atom. The van der Waals surface area contributed by atoms with Crippen molar-refractivity contribution in [3.05, 3.63) is 71.3 Å². The lowest BCUT2D eigenvalue weighted by Crippen LogP contribution is -2.15. The lowest BCUT2D eigenvalue weighted by molar-refractivity contribution is 0.0604. The van der Waals surface area contributed by atoms with Gasteiger partial charge in [-0.15, -0.1) is 0 Å². The molecule has 1 unspecified atom stereocenters. The minimum absolute atomic E-state index is 0.297. The lowest BCUT2D eigenvalue weighted by Gasteiger charge is -2.14. The smallest absolute Gasteiger partial charge is 0.196 e. The van der Waals surface area contributed by atoms with E-state index in [-0.39, 0.29) is 11.6 Å². The van der Waals surface area contributed by atoms with Crippen LogP contribution >= 0.6 is 0 Å². The second-order valence-corrected chi connectivity index (χ2v) is 4.04. The molecular weight excluding hydrogens is 250 g/mol. The molecular formula is C15H12F2O2. The van der Waals surface area contributed by atoms with Crippen LogP contribution in [0.3, 0.4) is 0 Å². The van der Waals surface area contributed by atoms with Crippen molar-refractivity contribution in [3.63, 3.8) is 0 Å². The normalized spacial score (nSPS) is 12.2. The van der Waals surface area contributed by atoms with Gasteiger partial charge in [-0.2, -0.15) is 0 Å². The van der Waals surface area contributed by atoms with Gasteiger partial charge in [0.05, 0.1) is 0 Å². The zero-order valence-corrected chi connectivity index (χ0v) is 10.3. The van der Waals surface area contributed by atoms with Crippen molar-refractivity contribution in [3.8, 4) is 0 Å². The highest BCUT2D eigenvalue weighted by atomic mass is 19.1. The third-order valence-corrected chi connectivity index (χ3v) is 2.78. The molecule has 2 rings (SSSR count). The van der Waals surface area contributed by atoms with Crippen LogP contribution in [0, 0.1) is 11.6 Å². The SMILES string of the molecule is COC(C(=O)c1ccc(F)cc1)c1ccc(F)cc1. The van der Waals surface area contributed by atoms with Crippen LogP contribution in [-0.4, -0.2) is 12.9 Å². The summed E-state index contributed by atoms with van der Waals surface area (Å²) < 4.78 is 30.8. The van der Waals surface area contributed by atoms with E-state index in [9.17, 15) is 13.6 Å². The molecule has 0 heterocycles. The van der Waals surface area contributed by atoms with Crippen molar-refractivity contribution in [2.24, 2.45) is 0 Å². The van der Waals surface area contributed by atoms with Gasteiger partial charge in [0.25, 0.3) is 0 Å². The van der Waals surface area contributed by atoms with Crippen molar-refractivity contribution < 1.29 is 18.3 Å². The minimum Gasteiger partial charge on any atom is -0.369 e. The molecule has 0 aliphatic rings. The van der Waals surface area contributed by atoms with Gasteiger partial charge in [-0.05, 0) is 42.0 Å². The fraction of sp³-hybridized carbons (Fsp3) is 0.133. The Morgan fingerprint density at radius 1 is 0.947 bits per heavy atom. The Hall–Kier alpha value is -2.07. The molecule has 1 atom stereocenters. The average Bonchev–Trinajstić information content (AvgIpc) is 2.42. The first-order valence-electron chi connectivity index (χ1n) is 5.70. The van der Waals surface area contributed by atoms with E-state index in [2.05, 4.69) is 0 Å². The molecule has 0 saturated carbocycles. The van der Waals surface area contributed by atoms with E-state index in [4.69, 9.17) is 4.74 Å². The maximum atomic E-state index is 12.9. The van der Waals surface area contributed by atoms with Crippen LogP contribution in [0.4, 0.5) is 8.78 Å². The number of rotatable bonds is 4. The zero-order valence-electron chi connectivity index (χ0n) is 10.3. The Labute approximate surface area is 109 Å². The van der Waals surface area contributed by atoms with E-state index in [1.54, 1.807) is 0 Å². The van der Waals surface area contributed by atoms with Crippen LogP contribution in [-0.2, 0) is 4.74 Å². The summed E-state index contributed by atoms with van der Waals surface area (Å²) in [4.78, 5) is 12.2. The Bertz CT molecular complexity index is 562. The molecule has 0 aliphatic carbocycles. The van der Waals surface area contributed by atoms with Crippen LogP contribution in [0.15, 0.2) is 48.5 Å². The first kappa shape index (κ1) is 13.4. The molecule has 98 valence electrons. The van der Waals surface area contributed by atoms with Gasteiger partial charge < -0.3 is 4.74 Å². The van der Waals surface area contributed by atoms with Crippen LogP contribution < -0.4 is 0 Å². The van der Waals surface area contributed by atoms with Gasteiger partial charge in [-0.3, -0.25) is 4.79 Å². The predicted molar refractivity (Wildman–Crippen MR) is 66.9 cm³/mol. The number of benzene rings is 2. The van der Waals surface area contributed by atoms with E-state index < -0.39 is 11.9 Å². The molecule has 0 aliphatic heterocycles. The highest BCUT2D eigenvalue weighted by molar-refractivity contribution is 6.00. The molecule has 2 aromatic rings. The summed E-state index contributed by atoms with van der Waals surface area (Å²) in [7, 11) is 1.40. The lowest BCUT2D eigenvalue weighted by atomic mass is 10.00. The standard InChI is InChI=1S/C15H12F2O2/c1-19-15(11-4-8-13(17)9-5-11)14(18)10-2-6-12(16)7-3-10/h2-9,15H,1H3. The number of ketones is 1. The van der Waals surface area contributed by atoms with Crippen molar-refractivity contribution in [2.45, 2.75) is 6.10 Å². The molecule has 2 nitrogen and oxygen atoms in total. The first-order valence-corrected chi connectivity index (χ1v) is 5.70. The van der Waals surface area contributed by atoms with E-state index in [1.807, 2.05) is 0 Å². The third-order valence-electron chi connectivity index (χ3n) is 2.78. The van der Waals surface area contributed by atoms with Crippen LogP contribution in [0.25, 0.3) is 0 Å². The molecule has 2 aromatic carbocycles. The van der Waals surface area contributed by atoms with E-state index in [0.29, 0.717) is 11.1 Å². The van der Waals surface area contributed by atoms with Gasteiger partial charge in [0.2, 0.25) is 0 Å². The van der Waals surface area contributed by atoms with Gasteiger partial charge in [0, 0.05) is 12.7 Å². The van der Waals surface area contributed by atoms with Gasteiger partial charge in [-0.25, -0.2) is 8.78 Å². The minimum atomic E-state index is -0.828. The first-order chi connectivity index (χ1) is 9.11. The number of hydrogen-bond donors (Lipinski definition) is 0. The summed E-state index contributed by atoms with van der Waals surface area (Å²) in [5.74, 6) is -1.09. The highest BCUT2D eigenvalue weighted by Crippen LogP contribution is 2.22. The van der Waals surface area contributed by atoms with Crippen molar-refractivity contribution in [1.29, 1.82) is 0 Å². The zero-order chi connectivity index (χ0) is 13.8. The fourth-order valence-corrected chi connectivity index (χ4v) is 1.80. The largest absolute Gasteiger partial charge is 0.369 e. The second kappa shape index (κ2) is 5.71. The van der Waals surface area contributed by atoms with Gasteiger partial charge in [0.1, 0.15) is 17.7 Å². The summed E-state index contributed by atoms with van der Waals surface area (Å²) in [6, 6.07) is 10.7. The summed E-state index contributed by atoms with van der Waals surface area (Å²) in [5, 5.41) is 0. The Kier molecular flexibility index (Phi) is 4.02. The predicted octanol–water partition coefficient (Wildman–Crippen LogP) is 3.54. The highest BCUT2D eigenvalue weighted by Gasteiger charge is 2.21. The second-order valence-electron chi connectivity index (χ2n) is 4.04. The quantitative estimate of drug-likeness (QED) is 0.788.